The number of halogens is 7. The number of rotatable bonds is 2. The first kappa shape index (κ1) is 17.5. The lowest BCUT2D eigenvalue weighted by atomic mass is 9.91. The number of hydrazine groups is 1. The number of aldehydes is 1. The molecule has 2 rings (SSSR count). The Morgan fingerprint density at radius 3 is 2.17 bits per heavy atom. The lowest BCUT2D eigenvalue weighted by molar-refractivity contribution is -0.348. The van der Waals surface area contributed by atoms with E-state index in [1.54, 1.807) is 0 Å². The molecule has 0 bridgehead atoms. The summed E-state index contributed by atoms with van der Waals surface area (Å²) in [5, 5.41) is 3.36. The van der Waals surface area contributed by atoms with Gasteiger partial charge in [-0.3, -0.25) is 10.6 Å². The van der Waals surface area contributed by atoms with E-state index in [1.807, 2.05) is 0 Å². The van der Waals surface area contributed by atoms with Crippen molar-refractivity contribution < 1.29 is 35.5 Å². The van der Waals surface area contributed by atoms with Crippen molar-refractivity contribution in [1.29, 1.82) is 0 Å². The van der Waals surface area contributed by atoms with Crippen LogP contribution in [0.25, 0.3) is 0 Å². The highest BCUT2D eigenvalue weighted by Gasteiger charge is 2.73. The summed E-state index contributed by atoms with van der Waals surface area (Å²) in [4.78, 5) is 10.7. The van der Waals surface area contributed by atoms with Crippen LogP contribution in [-0.4, -0.2) is 29.8 Å². The maximum absolute atomic E-state index is 14.0. The molecule has 1 aliphatic rings. The van der Waals surface area contributed by atoms with E-state index in [0.717, 1.165) is 11.1 Å². The van der Waals surface area contributed by atoms with E-state index in [4.69, 9.17) is 5.84 Å². The molecule has 1 atom stereocenters. The second-order valence-corrected chi connectivity index (χ2v) is 4.92. The number of benzene rings is 1. The van der Waals surface area contributed by atoms with Gasteiger partial charge in [-0.1, -0.05) is 6.07 Å². The zero-order chi connectivity index (χ0) is 17.6. The first-order valence-corrected chi connectivity index (χ1v) is 6.10. The van der Waals surface area contributed by atoms with Gasteiger partial charge in [-0.05, 0) is 17.7 Å². The molecule has 1 aromatic carbocycles. The van der Waals surface area contributed by atoms with Gasteiger partial charge in [-0.2, -0.15) is 26.3 Å². The number of nitrogens with zero attached hydrogens (tertiary/aromatic N) is 1. The van der Waals surface area contributed by atoms with E-state index < -0.39 is 29.8 Å². The third kappa shape index (κ3) is 2.74. The Hall–Kier alpha value is -1.88. The van der Waals surface area contributed by atoms with Gasteiger partial charge in [0.25, 0.3) is 0 Å². The van der Waals surface area contributed by atoms with Crippen molar-refractivity contribution in [3.63, 3.8) is 0 Å². The summed E-state index contributed by atoms with van der Waals surface area (Å²) in [5.74, 6) is 5.44. The van der Waals surface area contributed by atoms with Gasteiger partial charge in [-0.15, -0.1) is 0 Å². The van der Waals surface area contributed by atoms with Crippen LogP contribution in [0.5, 0.6) is 0 Å². The van der Waals surface area contributed by atoms with Crippen LogP contribution in [0.1, 0.15) is 11.1 Å². The Balaban J connectivity index is 2.53. The number of carbonyl (C=O) groups is 1. The summed E-state index contributed by atoms with van der Waals surface area (Å²) in [5.41, 5.74) is -7.11. The Morgan fingerprint density at radius 2 is 1.70 bits per heavy atom. The van der Waals surface area contributed by atoms with Crippen LogP contribution in [-0.2, 0) is 17.0 Å². The molecule has 1 unspecified atom stereocenters. The number of nitrogens with two attached hydrogens (primary N) is 1. The van der Waals surface area contributed by atoms with Crippen molar-refractivity contribution in [3.8, 4) is 0 Å². The molecule has 4 nitrogen and oxygen atoms in total. The monoisotopic (exact) mass is 345 g/mol. The molecular weight excluding hydrogens is 335 g/mol. The second-order valence-electron chi connectivity index (χ2n) is 4.92. The lowest BCUT2D eigenvalue weighted by Crippen LogP contribution is -2.51. The van der Waals surface area contributed by atoms with E-state index >= 15 is 0 Å². The molecule has 23 heavy (non-hydrogen) atoms. The van der Waals surface area contributed by atoms with E-state index in [-0.39, 0.29) is 17.8 Å². The largest absolute Gasteiger partial charge is 0.435 e. The summed E-state index contributed by atoms with van der Waals surface area (Å²) in [7, 11) is 0. The van der Waals surface area contributed by atoms with E-state index in [9.17, 15) is 35.5 Å². The zero-order valence-corrected chi connectivity index (χ0v) is 11.2. The molecule has 128 valence electrons. The smallest absolute Gasteiger partial charge is 0.362 e. The first-order chi connectivity index (χ1) is 10.4. The van der Waals surface area contributed by atoms with Gasteiger partial charge >= 0.3 is 18.0 Å². The highest BCUT2D eigenvalue weighted by atomic mass is 19.4. The number of hydrogen-bond donors (Lipinski definition) is 2. The van der Waals surface area contributed by atoms with Gasteiger partial charge in [-0.25, -0.2) is 9.40 Å². The molecule has 1 aromatic rings. The maximum Gasteiger partial charge on any atom is 0.435 e. The van der Waals surface area contributed by atoms with Gasteiger partial charge in [0, 0.05) is 17.8 Å². The molecule has 3 N–H and O–H groups in total. The van der Waals surface area contributed by atoms with Crippen LogP contribution in [0, 0.1) is 0 Å². The predicted molar refractivity (Wildman–Crippen MR) is 64.5 cm³/mol. The van der Waals surface area contributed by atoms with Crippen molar-refractivity contribution in [2.45, 2.75) is 30.7 Å². The Kier molecular flexibility index (Phi) is 4.06. The van der Waals surface area contributed by atoms with E-state index in [0.29, 0.717) is 18.4 Å². The highest BCUT2D eigenvalue weighted by molar-refractivity contribution is 5.67. The molecule has 0 amide bonds. The Morgan fingerprint density at radius 1 is 1.13 bits per heavy atom. The summed E-state index contributed by atoms with van der Waals surface area (Å²) >= 11 is 0. The topological polar surface area (TPSA) is 58.4 Å². The molecule has 0 radical (unpaired) electrons. The minimum Gasteiger partial charge on any atom is -0.362 e. The second kappa shape index (κ2) is 5.34. The number of hydrogen-bond acceptors (Lipinski definition) is 4. The molecule has 0 spiro atoms. The molecule has 0 fully saturated rings. The Bertz CT molecular complexity index is 600. The molecule has 1 heterocycles. The van der Waals surface area contributed by atoms with Crippen LogP contribution in [0.3, 0.4) is 0 Å². The van der Waals surface area contributed by atoms with Crippen molar-refractivity contribution >= 4 is 12.0 Å². The van der Waals surface area contributed by atoms with Crippen LogP contribution in [0.2, 0.25) is 0 Å². The third-order valence-electron chi connectivity index (χ3n) is 3.43. The highest BCUT2D eigenvalue weighted by Crippen LogP contribution is 2.53. The van der Waals surface area contributed by atoms with Crippen LogP contribution in [0.4, 0.5) is 36.4 Å². The van der Waals surface area contributed by atoms with Gasteiger partial charge < -0.3 is 5.32 Å². The third-order valence-corrected chi connectivity index (χ3v) is 3.43. The molecule has 0 aromatic heterocycles. The zero-order valence-electron chi connectivity index (χ0n) is 11.2. The summed E-state index contributed by atoms with van der Waals surface area (Å²) in [6.45, 7) is -0.328. The normalized spacial score (nSPS) is 19.9. The van der Waals surface area contributed by atoms with Crippen LogP contribution in [0.15, 0.2) is 18.2 Å². The first-order valence-electron chi connectivity index (χ1n) is 6.10. The summed E-state index contributed by atoms with van der Waals surface area (Å²) in [6.07, 6.45) is -13.0. The SMILES string of the molecule is NN1Cc2cc(C(F)(C(F)(F)F)C(F)(F)F)ccc2NC1C=O. The van der Waals surface area contributed by atoms with E-state index in [1.165, 1.54) is 0 Å². The number of nitrogens with one attached hydrogen (secondary N) is 1. The minimum atomic E-state index is -6.19. The number of alkyl halides is 7. The fourth-order valence-electron chi connectivity index (χ4n) is 2.22. The van der Waals surface area contributed by atoms with Crippen molar-refractivity contribution in [2.24, 2.45) is 5.84 Å². The fourth-order valence-corrected chi connectivity index (χ4v) is 2.22. The molecule has 0 aliphatic carbocycles. The molecule has 0 saturated carbocycles. The van der Waals surface area contributed by atoms with Crippen molar-refractivity contribution in [2.75, 3.05) is 5.32 Å². The standard InChI is InChI=1S/C12H10F7N3O/c13-10(11(14,15)16,12(17,18)19)7-1-2-8-6(3-7)4-22(20)9(5-23)21-8/h1-3,5,9,21H,4,20H2. The average molecular weight is 345 g/mol. The number of fused-ring (bicyclic) bond motifs is 1. The van der Waals surface area contributed by atoms with Gasteiger partial charge in [0.2, 0.25) is 0 Å². The van der Waals surface area contributed by atoms with Crippen molar-refractivity contribution in [3.05, 3.63) is 29.3 Å². The van der Waals surface area contributed by atoms with E-state index in [2.05, 4.69) is 5.32 Å². The van der Waals surface area contributed by atoms with Gasteiger partial charge in [0.1, 0.15) is 6.17 Å². The lowest BCUT2D eigenvalue weighted by Gasteiger charge is -2.34. The molecule has 0 saturated heterocycles. The molecule has 11 heteroatoms. The maximum atomic E-state index is 14.0. The molecule has 1 aliphatic heterocycles. The number of anilines is 1. The van der Waals surface area contributed by atoms with Crippen LogP contribution < -0.4 is 11.2 Å². The van der Waals surface area contributed by atoms with Crippen LogP contribution >= 0.6 is 0 Å². The van der Waals surface area contributed by atoms with Gasteiger partial charge in [0.05, 0.1) is 0 Å². The predicted octanol–water partition coefficient (Wildman–Crippen LogP) is 2.60. The average Bonchev–Trinajstić information content (AvgIpc) is 2.42. The summed E-state index contributed by atoms with van der Waals surface area (Å²) in [6, 6.07) is 1.66. The number of carbonyl (C=O) groups excluding carboxylic acids is 1. The minimum absolute atomic E-state index is 0.0965. The molecular formula is C12H10F7N3O. The fraction of sp³-hybridized carbons (Fsp3) is 0.417. The summed E-state index contributed by atoms with van der Waals surface area (Å²) < 4.78 is 90.3. The van der Waals surface area contributed by atoms with Crippen molar-refractivity contribution in [1.82, 2.24) is 5.01 Å². The van der Waals surface area contributed by atoms with Gasteiger partial charge in [0.15, 0.2) is 6.29 Å². The quantitative estimate of drug-likeness (QED) is 0.492. The Labute approximate surface area is 125 Å².